The number of benzene rings is 2. The van der Waals surface area contributed by atoms with E-state index in [1.165, 1.54) is 36.8 Å². The van der Waals surface area contributed by atoms with Crippen molar-refractivity contribution in [3.05, 3.63) is 75.3 Å². The van der Waals surface area contributed by atoms with Gasteiger partial charge in [-0.25, -0.2) is 4.79 Å². The number of nitrogens with zero attached hydrogens (tertiary/aromatic N) is 2. The molecule has 0 aromatic heterocycles. The molecule has 0 aliphatic carbocycles. The van der Waals surface area contributed by atoms with E-state index in [0.29, 0.717) is 24.4 Å². The zero-order chi connectivity index (χ0) is 23.5. The standard InChI is InChI=1S/C23H26N4O5/c1-15(2)17-6-4-16(5-7-17)12-13-24-20(28)14-26-21(29)23(3,25-22(26)30)18-8-10-19(11-9-18)27(31)32/h4-11,15H,12-14H2,1-3H3,(H,24,28)(H,25,30). The first-order valence-corrected chi connectivity index (χ1v) is 10.4. The number of hydrogen-bond donors (Lipinski definition) is 2. The summed E-state index contributed by atoms with van der Waals surface area (Å²) in [5, 5.41) is 16.2. The van der Waals surface area contributed by atoms with Crippen LogP contribution in [0.5, 0.6) is 0 Å². The van der Waals surface area contributed by atoms with Crippen LogP contribution in [0.3, 0.4) is 0 Å². The minimum absolute atomic E-state index is 0.121. The van der Waals surface area contributed by atoms with Gasteiger partial charge in [0, 0.05) is 18.7 Å². The molecule has 1 unspecified atom stereocenters. The van der Waals surface area contributed by atoms with Crippen LogP contribution in [0.2, 0.25) is 0 Å². The summed E-state index contributed by atoms with van der Waals surface area (Å²) in [5.74, 6) is -0.583. The highest BCUT2D eigenvalue weighted by molar-refractivity contribution is 6.09. The number of hydrogen-bond acceptors (Lipinski definition) is 5. The Morgan fingerprint density at radius 2 is 1.75 bits per heavy atom. The molecular weight excluding hydrogens is 412 g/mol. The molecule has 1 atom stereocenters. The number of carbonyl (C=O) groups excluding carboxylic acids is 3. The molecule has 1 fully saturated rings. The van der Waals surface area contributed by atoms with Crippen molar-refractivity contribution in [3.8, 4) is 0 Å². The Bertz CT molecular complexity index is 1030. The van der Waals surface area contributed by atoms with Gasteiger partial charge in [-0.3, -0.25) is 24.6 Å². The van der Waals surface area contributed by atoms with E-state index in [2.05, 4.69) is 36.6 Å². The van der Waals surface area contributed by atoms with Crippen molar-refractivity contribution in [2.75, 3.05) is 13.1 Å². The summed E-state index contributed by atoms with van der Waals surface area (Å²) in [7, 11) is 0. The van der Waals surface area contributed by atoms with E-state index in [4.69, 9.17) is 0 Å². The molecule has 1 aliphatic heterocycles. The molecule has 32 heavy (non-hydrogen) atoms. The van der Waals surface area contributed by atoms with E-state index in [0.717, 1.165) is 10.5 Å². The molecule has 1 saturated heterocycles. The smallest absolute Gasteiger partial charge is 0.325 e. The number of nitrogens with one attached hydrogen (secondary N) is 2. The van der Waals surface area contributed by atoms with Crippen LogP contribution >= 0.6 is 0 Å². The second-order valence-electron chi connectivity index (χ2n) is 8.25. The molecule has 0 spiro atoms. The lowest BCUT2D eigenvalue weighted by atomic mass is 9.92. The molecule has 2 aromatic carbocycles. The molecule has 1 aliphatic rings. The lowest BCUT2D eigenvalue weighted by Crippen LogP contribution is -2.43. The Labute approximate surface area is 185 Å². The average molecular weight is 438 g/mol. The van der Waals surface area contributed by atoms with E-state index in [1.54, 1.807) is 0 Å². The summed E-state index contributed by atoms with van der Waals surface area (Å²) < 4.78 is 0. The van der Waals surface area contributed by atoms with E-state index >= 15 is 0 Å². The van der Waals surface area contributed by atoms with Gasteiger partial charge in [-0.2, -0.15) is 0 Å². The summed E-state index contributed by atoms with van der Waals surface area (Å²) in [6.07, 6.45) is 0.630. The van der Waals surface area contributed by atoms with Gasteiger partial charge in [0.2, 0.25) is 5.91 Å². The number of nitro groups is 1. The first-order chi connectivity index (χ1) is 15.1. The van der Waals surface area contributed by atoms with Crippen molar-refractivity contribution in [2.45, 2.75) is 38.6 Å². The third kappa shape index (κ3) is 4.77. The summed E-state index contributed by atoms with van der Waals surface area (Å²) in [5.41, 5.74) is 1.20. The second kappa shape index (κ2) is 9.17. The fourth-order valence-electron chi connectivity index (χ4n) is 3.57. The van der Waals surface area contributed by atoms with Crippen LogP contribution in [0.4, 0.5) is 10.5 Å². The zero-order valence-electron chi connectivity index (χ0n) is 18.3. The molecule has 1 heterocycles. The van der Waals surface area contributed by atoms with Crippen molar-refractivity contribution in [2.24, 2.45) is 0 Å². The topological polar surface area (TPSA) is 122 Å². The lowest BCUT2D eigenvalue weighted by Gasteiger charge is -2.22. The van der Waals surface area contributed by atoms with Crippen LogP contribution in [0, 0.1) is 10.1 Å². The largest absolute Gasteiger partial charge is 0.354 e. The maximum Gasteiger partial charge on any atom is 0.325 e. The van der Waals surface area contributed by atoms with Crippen molar-refractivity contribution < 1.29 is 19.3 Å². The van der Waals surface area contributed by atoms with Crippen molar-refractivity contribution in [1.82, 2.24) is 15.5 Å². The van der Waals surface area contributed by atoms with Crippen LogP contribution in [0.1, 0.15) is 43.4 Å². The van der Waals surface area contributed by atoms with Crippen LogP contribution in [0.15, 0.2) is 48.5 Å². The predicted molar refractivity (Wildman–Crippen MR) is 118 cm³/mol. The molecule has 9 heteroatoms. The number of urea groups is 1. The molecule has 9 nitrogen and oxygen atoms in total. The lowest BCUT2D eigenvalue weighted by molar-refractivity contribution is -0.384. The predicted octanol–water partition coefficient (Wildman–Crippen LogP) is 2.84. The molecule has 0 bridgehead atoms. The fourth-order valence-corrected chi connectivity index (χ4v) is 3.57. The Kier molecular flexibility index (Phi) is 6.57. The number of amides is 4. The van der Waals surface area contributed by atoms with Crippen molar-refractivity contribution in [3.63, 3.8) is 0 Å². The Morgan fingerprint density at radius 3 is 2.31 bits per heavy atom. The SMILES string of the molecule is CC(C)c1ccc(CCNC(=O)CN2C(=O)NC(C)(c3ccc([N+](=O)[O-])cc3)C2=O)cc1. The van der Waals surface area contributed by atoms with Gasteiger partial charge in [-0.15, -0.1) is 0 Å². The van der Waals surface area contributed by atoms with Gasteiger partial charge in [-0.05, 0) is 48.1 Å². The highest BCUT2D eigenvalue weighted by Crippen LogP contribution is 2.29. The Balaban J connectivity index is 1.57. The second-order valence-corrected chi connectivity index (χ2v) is 8.25. The fraction of sp³-hybridized carbons (Fsp3) is 0.348. The average Bonchev–Trinajstić information content (AvgIpc) is 2.98. The number of non-ortho nitro benzene ring substituents is 1. The maximum atomic E-state index is 12.9. The summed E-state index contributed by atoms with van der Waals surface area (Å²) in [6.45, 7) is 5.73. The number of nitro benzene ring substituents is 1. The van der Waals surface area contributed by atoms with Crippen LogP contribution in [-0.4, -0.2) is 40.8 Å². The number of carbonyl (C=O) groups is 3. The summed E-state index contributed by atoms with van der Waals surface area (Å²) in [6, 6.07) is 12.9. The molecule has 168 valence electrons. The third-order valence-corrected chi connectivity index (χ3v) is 5.61. The molecule has 3 rings (SSSR count). The van der Waals surface area contributed by atoms with Gasteiger partial charge >= 0.3 is 6.03 Å². The number of imide groups is 1. The molecule has 0 saturated carbocycles. The van der Waals surface area contributed by atoms with Gasteiger partial charge in [-0.1, -0.05) is 38.1 Å². The highest BCUT2D eigenvalue weighted by Gasteiger charge is 2.49. The number of rotatable bonds is 8. The van der Waals surface area contributed by atoms with Crippen molar-refractivity contribution >= 4 is 23.5 Å². The van der Waals surface area contributed by atoms with Gasteiger partial charge in [0.05, 0.1) is 4.92 Å². The van der Waals surface area contributed by atoms with Gasteiger partial charge < -0.3 is 10.6 Å². The monoisotopic (exact) mass is 438 g/mol. The first-order valence-electron chi connectivity index (χ1n) is 10.4. The van der Waals surface area contributed by atoms with Gasteiger partial charge in [0.1, 0.15) is 12.1 Å². The van der Waals surface area contributed by atoms with E-state index in [1.807, 2.05) is 12.1 Å². The van der Waals surface area contributed by atoms with E-state index < -0.39 is 34.9 Å². The van der Waals surface area contributed by atoms with E-state index in [9.17, 15) is 24.5 Å². The molecule has 4 amide bonds. The van der Waals surface area contributed by atoms with Gasteiger partial charge in [0.15, 0.2) is 0 Å². The summed E-state index contributed by atoms with van der Waals surface area (Å²) >= 11 is 0. The zero-order valence-corrected chi connectivity index (χ0v) is 18.3. The van der Waals surface area contributed by atoms with Gasteiger partial charge in [0.25, 0.3) is 11.6 Å². The first kappa shape index (κ1) is 22.9. The Hall–Kier alpha value is -3.75. The minimum Gasteiger partial charge on any atom is -0.354 e. The molecule has 2 aromatic rings. The highest BCUT2D eigenvalue weighted by atomic mass is 16.6. The quantitative estimate of drug-likeness (QED) is 0.373. The molecule has 0 radical (unpaired) electrons. The van der Waals surface area contributed by atoms with E-state index in [-0.39, 0.29) is 5.69 Å². The Morgan fingerprint density at radius 1 is 1.12 bits per heavy atom. The summed E-state index contributed by atoms with van der Waals surface area (Å²) in [4.78, 5) is 48.8. The normalized spacial score (nSPS) is 18.1. The van der Waals surface area contributed by atoms with Crippen LogP contribution in [0.25, 0.3) is 0 Å². The molecule has 2 N–H and O–H groups in total. The van der Waals surface area contributed by atoms with Crippen molar-refractivity contribution in [1.29, 1.82) is 0 Å². The van der Waals surface area contributed by atoms with Crippen LogP contribution in [-0.2, 0) is 21.5 Å². The molecular formula is C23H26N4O5. The van der Waals surface area contributed by atoms with Crippen LogP contribution < -0.4 is 10.6 Å². The maximum absolute atomic E-state index is 12.9. The third-order valence-electron chi connectivity index (χ3n) is 5.61. The minimum atomic E-state index is -1.40.